The molecule has 244 valence electrons. The molecule has 0 rings (SSSR count). The molecule has 0 aromatic carbocycles. The second kappa shape index (κ2) is 19.6. The summed E-state index contributed by atoms with van der Waals surface area (Å²) in [4.78, 5) is 95.4. The minimum atomic E-state index is -1.66. The van der Waals surface area contributed by atoms with Crippen LogP contribution >= 0.6 is 0 Å². The molecule has 21 heteroatoms. The van der Waals surface area contributed by atoms with Crippen LogP contribution in [-0.2, 0) is 38.4 Å². The van der Waals surface area contributed by atoms with E-state index in [-0.39, 0.29) is 0 Å². The molecule has 0 spiro atoms. The SMILES string of the molecule is CC(NC(=O)CNC(=O)C(CO)NC(=O)C(CO)NC(=O)C(C)NC(=O)CNC(=O)C(CO)NC(=O)C(N)CO)C(=O)O. The first kappa shape index (κ1) is 38.6. The molecule has 7 amide bonds. The summed E-state index contributed by atoms with van der Waals surface area (Å²) < 4.78 is 0. The number of nitrogens with two attached hydrogens (primary N) is 1. The fourth-order valence-corrected chi connectivity index (χ4v) is 2.81. The van der Waals surface area contributed by atoms with Gasteiger partial charge in [0.1, 0.15) is 36.3 Å². The van der Waals surface area contributed by atoms with Gasteiger partial charge in [0.2, 0.25) is 41.4 Å². The molecule has 0 saturated heterocycles. The van der Waals surface area contributed by atoms with Crippen LogP contribution in [-0.4, -0.2) is 149 Å². The van der Waals surface area contributed by atoms with E-state index in [4.69, 9.17) is 15.9 Å². The predicted molar refractivity (Wildman–Crippen MR) is 141 cm³/mol. The summed E-state index contributed by atoms with van der Waals surface area (Å²) in [5.41, 5.74) is 5.30. The highest BCUT2D eigenvalue weighted by molar-refractivity contribution is 5.96. The van der Waals surface area contributed by atoms with Crippen molar-refractivity contribution in [3.8, 4) is 0 Å². The van der Waals surface area contributed by atoms with Crippen molar-refractivity contribution < 1.29 is 63.9 Å². The summed E-state index contributed by atoms with van der Waals surface area (Å²) in [6, 6.07) is -8.71. The Labute approximate surface area is 244 Å². The van der Waals surface area contributed by atoms with Crippen LogP contribution in [0.25, 0.3) is 0 Å². The Morgan fingerprint density at radius 2 is 0.907 bits per heavy atom. The third-order valence-corrected chi connectivity index (χ3v) is 5.35. The fraction of sp³-hybridized carbons (Fsp3) is 0.636. The van der Waals surface area contributed by atoms with Crippen molar-refractivity contribution >= 4 is 47.3 Å². The molecule has 0 bridgehead atoms. The molecule has 0 aromatic heterocycles. The number of aliphatic carboxylic acids is 1. The van der Waals surface area contributed by atoms with Crippen LogP contribution in [0.5, 0.6) is 0 Å². The van der Waals surface area contributed by atoms with Crippen LogP contribution in [0, 0.1) is 0 Å². The van der Waals surface area contributed by atoms with E-state index in [1.165, 1.54) is 13.8 Å². The predicted octanol–water partition coefficient (Wildman–Crippen LogP) is -8.94. The maximum absolute atomic E-state index is 12.5. The van der Waals surface area contributed by atoms with Crippen molar-refractivity contribution in [1.82, 2.24) is 37.2 Å². The maximum Gasteiger partial charge on any atom is 0.325 e. The van der Waals surface area contributed by atoms with Crippen molar-refractivity contribution in [3.05, 3.63) is 0 Å². The first-order chi connectivity index (χ1) is 20.1. The Bertz CT molecular complexity index is 1030. The third-order valence-electron chi connectivity index (χ3n) is 5.35. The van der Waals surface area contributed by atoms with Crippen molar-refractivity contribution in [3.63, 3.8) is 0 Å². The van der Waals surface area contributed by atoms with E-state index in [2.05, 4.69) is 31.9 Å². The first-order valence-electron chi connectivity index (χ1n) is 12.6. The number of hydrogen-bond donors (Lipinski definition) is 13. The quantitative estimate of drug-likeness (QED) is 0.0636. The first-order valence-corrected chi connectivity index (χ1v) is 12.6. The lowest BCUT2D eigenvalue weighted by molar-refractivity contribution is -0.141. The van der Waals surface area contributed by atoms with Crippen LogP contribution in [0.3, 0.4) is 0 Å². The lowest BCUT2D eigenvalue weighted by Gasteiger charge is -2.22. The molecule has 0 aliphatic carbocycles. The molecule has 43 heavy (non-hydrogen) atoms. The van der Waals surface area contributed by atoms with Gasteiger partial charge in [0.15, 0.2) is 0 Å². The molecule has 21 nitrogen and oxygen atoms in total. The standard InChI is InChI=1S/C22H38N8O13/c1-9(26-15(35)3-24-19(39)12(6-32)29-18(38)11(23)5-31)17(37)28-14(8-34)21(41)30-13(7-33)20(40)25-4-16(36)27-10(2)22(42)43/h9-14,31-34H,3-8,23H2,1-2H3,(H,24,39)(H,25,40)(H,26,35)(H,27,36)(H,28,37)(H,29,38)(H,30,41)(H,42,43). The lowest BCUT2D eigenvalue weighted by atomic mass is 10.2. The van der Waals surface area contributed by atoms with E-state index in [0.29, 0.717) is 0 Å². The van der Waals surface area contributed by atoms with Gasteiger partial charge in [-0.2, -0.15) is 0 Å². The minimum absolute atomic E-state index is 0.687. The number of carboxylic acids is 1. The highest BCUT2D eigenvalue weighted by Crippen LogP contribution is 1.93. The van der Waals surface area contributed by atoms with Crippen LogP contribution in [0.1, 0.15) is 13.8 Å². The van der Waals surface area contributed by atoms with Gasteiger partial charge in [0, 0.05) is 0 Å². The summed E-state index contributed by atoms with van der Waals surface area (Å²) in [5, 5.41) is 60.5. The van der Waals surface area contributed by atoms with Crippen LogP contribution in [0.2, 0.25) is 0 Å². The molecule has 0 saturated carbocycles. The number of nitrogens with one attached hydrogen (secondary N) is 7. The number of carbonyl (C=O) groups is 8. The minimum Gasteiger partial charge on any atom is -0.480 e. The average molecular weight is 623 g/mol. The molecule has 0 aliphatic heterocycles. The number of amides is 7. The second-order valence-electron chi connectivity index (χ2n) is 8.87. The Kier molecular flexibility index (Phi) is 17.6. The number of carboxylic acid groups (broad SMARTS) is 1. The Morgan fingerprint density at radius 1 is 0.535 bits per heavy atom. The number of aliphatic hydroxyl groups is 4. The highest BCUT2D eigenvalue weighted by Gasteiger charge is 2.28. The summed E-state index contributed by atoms with van der Waals surface area (Å²) in [5.74, 6) is -8.17. The zero-order chi connectivity index (χ0) is 33.3. The smallest absolute Gasteiger partial charge is 0.325 e. The van der Waals surface area contributed by atoms with Crippen molar-refractivity contribution in [2.75, 3.05) is 39.5 Å². The van der Waals surface area contributed by atoms with E-state index >= 15 is 0 Å². The summed E-state index contributed by atoms with van der Waals surface area (Å²) in [6.07, 6.45) is 0. The van der Waals surface area contributed by atoms with Gasteiger partial charge in [-0.15, -0.1) is 0 Å². The second-order valence-corrected chi connectivity index (χ2v) is 8.87. The van der Waals surface area contributed by atoms with Crippen LogP contribution in [0.4, 0.5) is 0 Å². The fourth-order valence-electron chi connectivity index (χ4n) is 2.81. The molecule has 0 heterocycles. The zero-order valence-corrected chi connectivity index (χ0v) is 23.3. The van der Waals surface area contributed by atoms with Gasteiger partial charge < -0.3 is 68.5 Å². The molecule has 6 atom stereocenters. The molecular formula is C22H38N8O13. The molecule has 14 N–H and O–H groups in total. The van der Waals surface area contributed by atoms with E-state index in [9.17, 15) is 53.7 Å². The molecule has 0 aromatic rings. The zero-order valence-electron chi connectivity index (χ0n) is 23.3. The summed E-state index contributed by atoms with van der Waals surface area (Å²) >= 11 is 0. The van der Waals surface area contributed by atoms with E-state index in [1.54, 1.807) is 0 Å². The maximum atomic E-state index is 12.5. The Balaban J connectivity index is 4.87. The number of aliphatic hydroxyl groups excluding tert-OH is 4. The molecule has 6 unspecified atom stereocenters. The number of carbonyl (C=O) groups excluding carboxylic acids is 7. The monoisotopic (exact) mass is 622 g/mol. The van der Waals surface area contributed by atoms with Gasteiger partial charge in [-0.3, -0.25) is 38.4 Å². The van der Waals surface area contributed by atoms with Crippen molar-refractivity contribution in [1.29, 1.82) is 0 Å². The van der Waals surface area contributed by atoms with Gasteiger partial charge in [0.25, 0.3) is 0 Å². The summed E-state index contributed by atoms with van der Waals surface area (Å²) in [6.45, 7) is -2.53. The van der Waals surface area contributed by atoms with Crippen LogP contribution < -0.4 is 43.0 Å². The van der Waals surface area contributed by atoms with Gasteiger partial charge in [0.05, 0.1) is 39.5 Å². The van der Waals surface area contributed by atoms with Crippen molar-refractivity contribution in [2.24, 2.45) is 5.73 Å². The topological polar surface area (TPSA) is 348 Å². The van der Waals surface area contributed by atoms with Crippen molar-refractivity contribution in [2.45, 2.75) is 50.1 Å². The largest absolute Gasteiger partial charge is 0.480 e. The van der Waals surface area contributed by atoms with Gasteiger partial charge in [-0.1, -0.05) is 0 Å². The summed E-state index contributed by atoms with van der Waals surface area (Å²) in [7, 11) is 0. The van der Waals surface area contributed by atoms with E-state index < -0.39 is 123 Å². The van der Waals surface area contributed by atoms with Crippen LogP contribution in [0.15, 0.2) is 0 Å². The average Bonchev–Trinajstić information content (AvgIpc) is 2.97. The van der Waals surface area contributed by atoms with E-state index in [0.717, 1.165) is 0 Å². The third kappa shape index (κ3) is 14.3. The van der Waals surface area contributed by atoms with E-state index in [1.807, 2.05) is 5.32 Å². The normalized spacial score (nSPS) is 14.8. The lowest BCUT2D eigenvalue weighted by Crippen LogP contribution is -2.59. The van der Waals surface area contributed by atoms with Gasteiger partial charge >= 0.3 is 5.97 Å². The number of rotatable bonds is 19. The van der Waals surface area contributed by atoms with Gasteiger partial charge in [-0.05, 0) is 13.8 Å². The molecule has 0 radical (unpaired) electrons. The Morgan fingerprint density at radius 3 is 1.30 bits per heavy atom. The number of hydrogen-bond acceptors (Lipinski definition) is 13. The highest BCUT2D eigenvalue weighted by atomic mass is 16.4. The Hall–Kier alpha value is -4.44. The molecular weight excluding hydrogens is 584 g/mol. The molecule has 0 fully saturated rings. The van der Waals surface area contributed by atoms with Gasteiger partial charge in [-0.25, -0.2) is 0 Å². The molecule has 0 aliphatic rings.